The van der Waals surface area contributed by atoms with E-state index in [1.54, 1.807) is 0 Å². The fourth-order valence-electron chi connectivity index (χ4n) is 3.78. The molecule has 4 rings (SSSR count). The Labute approximate surface area is 173 Å². The summed E-state index contributed by atoms with van der Waals surface area (Å²) in [6, 6.07) is 39.4. The Morgan fingerprint density at radius 2 is 1.04 bits per heavy atom. The van der Waals surface area contributed by atoms with E-state index in [0.717, 1.165) is 16.7 Å². The minimum atomic E-state index is -1.87. The molecule has 0 radical (unpaired) electrons. The van der Waals surface area contributed by atoms with Crippen LogP contribution in [0.5, 0.6) is 0 Å². The van der Waals surface area contributed by atoms with Gasteiger partial charge >= 0.3 is 0 Å². The van der Waals surface area contributed by atoms with Gasteiger partial charge in [0.2, 0.25) is 0 Å². The van der Waals surface area contributed by atoms with Crippen molar-refractivity contribution < 1.29 is 0 Å². The Balaban J connectivity index is 1.99. The van der Waals surface area contributed by atoms with Gasteiger partial charge in [0, 0.05) is 5.02 Å². The Bertz CT molecular complexity index is 947. The van der Waals surface area contributed by atoms with Crippen molar-refractivity contribution in [3.63, 3.8) is 0 Å². The molecule has 0 atom stereocenters. The van der Waals surface area contributed by atoms with Gasteiger partial charge in [-0.2, -0.15) is 0 Å². The molecule has 28 heavy (non-hydrogen) atoms. The maximum atomic E-state index is 6.49. The topological polar surface area (TPSA) is 0 Å². The predicted octanol–water partition coefficient (Wildman–Crippen LogP) is 6.14. The first kappa shape index (κ1) is 18.9. The van der Waals surface area contributed by atoms with E-state index in [2.05, 4.69) is 116 Å². The molecular formula is C26H23ClP+. The van der Waals surface area contributed by atoms with Gasteiger partial charge in [-0.05, 0) is 60.5 Å². The van der Waals surface area contributed by atoms with Gasteiger partial charge < -0.3 is 0 Å². The Hall–Kier alpha value is -2.40. The molecule has 0 saturated carbocycles. The first-order valence-corrected chi connectivity index (χ1v) is 11.9. The van der Waals surface area contributed by atoms with Crippen LogP contribution in [-0.4, -0.2) is 0 Å². The molecule has 0 saturated heterocycles. The summed E-state index contributed by atoms with van der Waals surface area (Å²) in [6.07, 6.45) is 0.949. The molecule has 0 nitrogen and oxygen atoms in total. The summed E-state index contributed by atoms with van der Waals surface area (Å²) in [6.45, 7) is 2.06. The zero-order valence-corrected chi connectivity index (χ0v) is 17.6. The summed E-state index contributed by atoms with van der Waals surface area (Å²) in [7, 11) is -1.87. The third kappa shape index (κ3) is 3.63. The third-order valence-corrected chi connectivity index (χ3v) is 10.0. The molecule has 0 heterocycles. The monoisotopic (exact) mass is 401 g/mol. The second-order valence-electron chi connectivity index (χ2n) is 7.06. The maximum absolute atomic E-state index is 6.49. The predicted molar refractivity (Wildman–Crippen MR) is 125 cm³/mol. The second kappa shape index (κ2) is 8.31. The summed E-state index contributed by atoms with van der Waals surface area (Å²) in [5.41, 5.74) is 2.40. The van der Waals surface area contributed by atoms with E-state index in [0.29, 0.717) is 0 Å². The fourth-order valence-corrected chi connectivity index (χ4v) is 8.21. The Morgan fingerprint density at radius 3 is 1.43 bits per heavy atom. The van der Waals surface area contributed by atoms with Crippen LogP contribution < -0.4 is 15.9 Å². The van der Waals surface area contributed by atoms with Crippen molar-refractivity contribution in [2.24, 2.45) is 0 Å². The number of halogens is 1. The summed E-state index contributed by atoms with van der Waals surface area (Å²) < 4.78 is 0. The summed E-state index contributed by atoms with van der Waals surface area (Å²) in [4.78, 5) is 0. The van der Waals surface area contributed by atoms with Gasteiger partial charge in [0.15, 0.2) is 0 Å². The highest BCUT2D eigenvalue weighted by molar-refractivity contribution is 7.95. The maximum Gasteiger partial charge on any atom is 0.116 e. The number of benzene rings is 4. The fraction of sp³-hybridized carbons (Fsp3) is 0.0769. The molecule has 0 amide bonds. The van der Waals surface area contributed by atoms with Gasteiger partial charge in [-0.25, -0.2) is 0 Å². The average molecular weight is 402 g/mol. The molecule has 4 aromatic carbocycles. The van der Waals surface area contributed by atoms with Crippen molar-refractivity contribution >= 4 is 34.8 Å². The lowest BCUT2D eigenvalue weighted by molar-refractivity contribution is 1.35. The summed E-state index contributed by atoms with van der Waals surface area (Å²) >= 11 is 6.49. The highest BCUT2D eigenvalue weighted by Gasteiger charge is 2.45. The van der Waals surface area contributed by atoms with Crippen LogP contribution in [0.15, 0.2) is 109 Å². The molecule has 0 spiro atoms. The molecule has 0 fully saturated rings. The average Bonchev–Trinajstić information content (AvgIpc) is 2.76. The van der Waals surface area contributed by atoms with E-state index >= 15 is 0 Å². The molecule has 2 heteroatoms. The van der Waals surface area contributed by atoms with E-state index in [1.807, 2.05) is 0 Å². The lowest BCUT2D eigenvalue weighted by atomic mass is 10.2. The molecule has 0 bridgehead atoms. The highest BCUT2D eigenvalue weighted by Crippen LogP contribution is 2.58. The number of hydrogen-bond donors (Lipinski definition) is 0. The van der Waals surface area contributed by atoms with E-state index in [-0.39, 0.29) is 0 Å². The van der Waals surface area contributed by atoms with Crippen LogP contribution in [0.25, 0.3) is 0 Å². The van der Waals surface area contributed by atoms with Crippen molar-refractivity contribution in [3.8, 4) is 0 Å². The van der Waals surface area contributed by atoms with Gasteiger partial charge in [-0.1, -0.05) is 78.3 Å². The van der Waals surface area contributed by atoms with Gasteiger partial charge in [-0.3, -0.25) is 0 Å². The largest absolute Gasteiger partial charge is 0.116 e. The standard InChI is InChI=1S/C26H23ClP/c1-21-17-18-22(19-26(21)27)20-28(23-11-5-2-6-12-23,24-13-7-3-8-14-24)25-15-9-4-10-16-25/h2-19H,20H2,1H3/q+1. The zero-order valence-electron chi connectivity index (χ0n) is 15.9. The molecule has 0 aliphatic carbocycles. The van der Waals surface area contributed by atoms with Gasteiger partial charge in [0.1, 0.15) is 23.2 Å². The van der Waals surface area contributed by atoms with Gasteiger partial charge in [0.05, 0.1) is 6.16 Å². The van der Waals surface area contributed by atoms with Crippen molar-refractivity contribution in [3.05, 3.63) is 125 Å². The molecule has 0 N–H and O–H groups in total. The van der Waals surface area contributed by atoms with Crippen LogP contribution in [0.3, 0.4) is 0 Å². The van der Waals surface area contributed by atoms with Crippen molar-refractivity contribution in [2.75, 3.05) is 0 Å². The van der Waals surface area contributed by atoms with Gasteiger partial charge in [0.25, 0.3) is 0 Å². The summed E-state index contributed by atoms with van der Waals surface area (Å²) in [5.74, 6) is 0. The van der Waals surface area contributed by atoms with Crippen LogP contribution in [-0.2, 0) is 6.16 Å². The molecule has 138 valence electrons. The van der Waals surface area contributed by atoms with Crippen LogP contribution in [0, 0.1) is 6.92 Å². The SMILES string of the molecule is Cc1ccc(C[P+](c2ccccc2)(c2ccccc2)c2ccccc2)cc1Cl. The van der Waals surface area contributed by atoms with E-state index in [1.165, 1.54) is 21.5 Å². The highest BCUT2D eigenvalue weighted by atomic mass is 35.5. The van der Waals surface area contributed by atoms with Crippen molar-refractivity contribution in [2.45, 2.75) is 13.1 Å². The zero-order chi connectivity index (χ0) is 19.4. The molecule has 4 aromatic rings. The third-order valence-electron chi connectivity index (χ3n) is 5.25. The Kier molecular flexibility index (Phi) is 5.62. The van der Waals surface area contributed by atoms with Crippen LogP contribution in [0.2, 0.25) is 5.02 Å². The minimum Gasteiger partial charge on any atom is -0.0840 e. The van der Waals surface area contributed by atoms with Crippen LogP contribution in [0.4, 0.5) is 0 Å². The van der Waals surface area contributed by atoms with Gasteiger partial charge in [-0.15, -0.1) is 0 Å². The van der Waals surface area contributed by atoms with E-state index in [4.69, 9.17) is 11.6 Å². The smallest absolute Gasteiger partial charge is 0.0840 e. The lowest BCUT2D eigenvalue weighted by Crippen LogP contribution is -2.32. The first-order valence-electron chi connectivity index (χ1n) is 9.50. The number of rotatable bonds is 5. The lowest BCUT2D eigenvalue weighted by Gasteiger charge is -2.28. The first-order chi connectivity index (χ1) is 13.7. The normalized spacial score (nSPS) is 11.4. The van der Waals surface area contributed by atoms with Crippen molar-refractivity contribution in [1.82, 2.24) is 0 Å². The molecule has 0 aliphatic heterocycles. The van der Waals surface area contributed by atoms with Crippen LogP contribution >= 0.6 is 18.9 Å². The summed E-state index contributed by atoms with van der Waals surface area (Å²) in [5, 5.41) is 5.02. The van der Waals surface area contributed by atoms with E-state index in [9.17, 15) is 0 Å². The van der Waals surface area contributed by atoms with Crippen molar-refractivity contribution in [1.29, 1.82) is 0 Å². The quantitative estimate of drug-likeness (QED) is 0.352. The van der Waals surface area contributed by atoms with E-state index < -0.39 is 7.26 Å². The Morgan fingerprint density at radius 1 is 0.607 bits per heavy atom. The minimum absolute atomic E-state index is 0.838. The number of hydrogen-bond acceptors (Lipinski definition) is 0. The number of aryl methyl sites for hydroxylation is 1. The molecule has 0 unspecified atom stereocenters. The second-order valence-corrected chi connectivity index (χ2v) is 11.0. The molecule has 0 aliphatic rings. The van der Waals surface area contributed by atoms with Crippen LogP contribution in [0.1, 0.15) is 11.1 Å². The molecular weight excluding hydrogens is 379 g/mol. The molecule has 0 aromatic heterocycles.